The number of hydrogen-bond acceptors (Lipinski definition) is 5. The van der Waals surface area contributed by atoms with Gasteiger partial charge in [-0.15, -0.1) is 0 Å². The molecule has 2 aromatic rings. The highest BCUT2D eigenvalue weighted by Gasteiger charge is 2.20. The zero-order chi connectivity index (χ0) is 22.9. The van der Waals surface area contributed by atoms with Crippen LogP contribution in [0.5, 0.6) is 0 Å². The lowest BCUT2D eigenvalue weighted by Crippen LogP contribution is -2.27. The van der Waals surface area contributed by atoms with E-state index >= 15 is 0 Å². The summed E-state index contributed by atoms with van der Waals surface area (Å²) in [7, 11) is 0. The van der Waals surface area contributed by atoms with Gasteiger partial charge < -0.3 is 20.3 Å². The molecule has 0 unspecified atom stereocenters. The Kier molecular flexibility index (Phi) is 8.19. The number of benzene rings is 2. The molecule has 3 rings (SSSR count). The zero-order valence-electron chi connectivity index (χ0n) is 18.2. The van der Waals surface area contributed by atoms with Crippen LogP contribution in [-0.2, 0) is 20.9 Å². The number of ether oxygens (including phenoxy) is 1. The van der Waals surface area contributed by atoms with Crippen molar-refractivity contribution >= 4 is 29.2 Å². The molecule has 1 aliphatic rings. The van der Waals surface area contributed by atoms with Gasteiger partial charge in [-0.25, -0.2) is 4.39 Å². The number of nitrogens with zero attached hydrogens (tertiary/aromatic N) is 1. The zero-order valence-corrected chi connectivity index (χ0v) is 18.2. The number of hydrogen-bond donors (Lipinski definition) is 2. The molecule has 1 fully saturated rings. The van der Waals surface area contributed by atoms with Crippen molar-refractivity contribution in [3.63, 3.8) is 0 Å². The molecule has 8 heteroatoms. The van der Waals surface area contributed by atoms with E-state index in [4.69, 9.17) is 4.74 Å². The fourth-order valence-corrected chi connectivity index (χ4v) is 3.58. The van der Waals surface area contributed by atoms with E-state index in [9.17, 15) is 18.8 Å². The summed E-state index contributed by atoms with van der Waals surface area (Å²) < 4.78 is 17.9. The molecule has 32 heavy (non-hydrogen) atoms. The standard InChI is InChI=1S/C24H28FN3O4/c1-2-32-23(30)12-11-22(29)27-19-9-10-21(28-13-3-4-14-28)20(15-19)24(31)26-16-17-5-7-18(25)8-6-17/h5-10,15H,2-4,11-14,16H2,1H3,(H,26,31)(H,27,29). The number of amides is 2. The second kappa shape index (κ2) is 11.3. The maximum Gasteiger partial charge on any atom is 0.306 e. The fraction of sp³-hybridized carbons (Fsp3) is 0.375. The van der Waals surface area contributed by atoms with E-state index in [0.29, 0.717) is 11.3 Å². The van der Waals surface area contributed by atoms with Crippen LogP contribution in [0.15, 0.2) is 42.5 Å². The lowest BCUT2D eigenvalue weighted by Gasteiger charge is -2.22. The highest BCUT2D eigenvalue weighted by molar-refractivity contribution is 6.02. The third-order valence-corrected chi connectivity index (χ3v) is 5.20. The molecule has 0 bridgehead atoms. The smallest absolute Gasteiger partial charge is 0.306 e. The molecule has 1 aliphatic heterocycles. The van der Waals surface area contributed by atoms with Gasteiger partial charge in [-0.2, -0.15) is 0 Å². The summed E-state index contributed by atoms with van der Waals surface area (Å²) in [4.78, 5) is 38.8. The van der Waals surface area contributed by atoms with E-state index < -0.39 is 5.97 Å². The first-order valence-electron chi connectivity index (χ1n) is 10.8. The van der Waals surface area contributed by atoms with Gasteiger partial charge in [0.05, 0.1) is 18.6 Å². The highest BCUT2D eigenvalue weighted by Crippen LogP contribution is 2.28. The number of carbonyl (C=O) groups is 3. The Morgan fingerprint density at radius 1 is 1.03 bits per heavy atom. The average Bonchev–Trinajstić information content (AvgIpc) is 3.32. The van der Waals surface area contributed by atoms with Gasteiger partial charge in [-0.1, -0.05) is 12.1 Å². The van der Waals surface area contributed by atoms with Gasteiger partial charge in [0.2, 0.25) is 5.91 Å². The number of rotatable bonds is 9. The molecule has 2 N–H and O–H groups in total. The third kappa shape index (κ3) is 6.54. The topological polar surface area (TPSA) is 87.7 Å². The van der Waals surface area contributed by atoms with Crippen molar-refractivity contribution in [2.45, 2.75) is 39.2 Å². The van der Waals surface area contributed by atoms with Crippen molar-refractivity contribution in [2.75, 3.05) is 29.9 Å². The van der Waals surface area contributed by atoms with E-state index in [1.807, 2.05) is 6.07 Å². The fourth-order valence-electron chi connectivity index (χ4n) is 3.58. The Morgan fingerprint density at radius 2 is 1.75 bits per heavy atom. The van der Waals surface area contributed by atoms with E-state index in [1.54, 1.807) is 31.2 Å². The summed E-state index contributed by atoms with van der Waals surface area (Å²) >= 11 is 0. The third-order valence-electron chi connectivity index (χ3n) is 5.20. The van der Waals surface area contributed by atoms with Crippen molar-refractivity contribution in [2.24, 2.45) is 0 Å². The van der Waals surface area contributed by atoms with Crippen molar-refractivity contribution in [3.8, 4) is 0 Å². The van der Waals surface area contributed by atoms with Crippen molar-refractivity contribution in [3.05, 3.63) is 59.4 Å². The molecule has 0 spiro atoms. The molecule has 0 radical (unpaired) electrons. The number of halogens is 1. The molecule has 2 amide bonds. The van der Waals surface area contributed by atoms with E-state index in [0.717, 1.165) is 37.2 Å². The van der Waals surface area contributed by atoms with Crippen LogP contribution in [0.25, 0.3) is 0 Å². The Hall–Kier alpha value is -3.42. The maximum atomic E-state index is 13.1. The van der Waals surface area contributed by atoms with Crippen molar-refractivity contribution in [1.82, 2.24) is 5.32 Å². The van der Waals surface area contributed by atoms with Gasteiger partial charge in [-0.05, 0) is 55.7 Å². The Labute approximate surface area is 186 Å². The first kappa shape index (κ1) is 23.2. The van der Waals surface area contributed by atoms with Gasteiger partial charge >= 0.3 is 5.97 Å². The first-order chi connectivity index (χ1) is 15.5. The van der Waals surface area contributed by atoms with E-state index in [1.165, 1.54) is 12.1 Å². The minimum atomic E-state index is -0.423. The van der Waals surface area contributed by atoms with Gasteiger partial charge in [0.1, 0.15) is 5.82 Å². The molecule has 0 saturated carbocycles. The lowest BCUT2D eigenvalue weighted by molar-refractivity contribution is -0.144. The average molecular weight is 442 g/mol. The van der Waals surface area contributed by atoms with Crippen LogP contribution in [0, 0.1) is 5.82 Å². The van der Waals surface area contributed by atoms with E-state index in [2.05, 4.69) is 15.5 Å². The molecule has 170 valence electrons. The SMILES string of the molecule is CCOC(=O)CCC(=O)Nc1ccc(N2CCCC2)c(C(=O)NCc2ccc(F)cc2)c1. The second-order valence-electron chi connectivity index (χ2n) is 7.59. The highest BCUT2D eigenvalue weighted by atomic mass is 19.1. The first-order valence-corrected chi connectivity index (χ1v) is 10.8. The number of esters is 1. The maximum absolute atomic E-state index is 13.1. The van der Waals surface area contributed by atoms with Gasteiger partial charge in [0.15, 0.2) is 0 Å². The molecule has 1 saturated heterocycles. The van der Waals surface area contributed by atoms with Crippen LogP contribution in [0.1, 0.15) is 48.5 Å². The van der Waals surface area contributed by atoms with Crippen LogP contribution >= 0.6 is 0 Å². The normalized spacial score (nSPS) is 13.0. The van der Waals surface area contributed by atoms with Gasteiger partial charge in [0, 0.05) is 37.4 Å². The van der Waals surface area contributed by atoms with Crippen molar-refractivity contribution in [1.29, 1.82) is 0 Å². The Balaban J connectivity index is 1.71. The number of nitrogens with one attached hydrogen (secondary N) is 2. The van der Waals surface area contributed by atoms with E-state index in [-0.39, 0.29) is 43.6 Å². The van der Waals surface area contributed by atoms with Gasteiger partial charge in [-0.3, -0.25) is 14.4 Å². The lowest BCUT2D eigenvalue weighted by atomic mass is 10.1. The molecule has 2 aromatic carbocycles. The quantitative estimate of drug-likeness (QED) is 0.580. The molecular formula is C24H28FN3O4. The Morgan fingerprint density at radius 3 is 2.44 bits per heavy atom. The summed E-state index contributed by atoms with van der Waals surface area (Å²) in [5, 5.41) is 5.62. The molecule has 0 aliphatic carbocycles. The molecule has 7 nitrogen and oxygen atoms in total. The molecule has 1 heterocycles. The molecular weight excluding hydrogens is 413 g/mol. The van der Waals surface area contributed by atoms with Crippen molar-refractivity contribution < 1.29 is 23.5 Å². The summed E-state index contributed by atoms with van der Waals surface area (Å²) in [6.07, 6.45) is 2.11. The minimum Gasteiger partial charge on any atom is -0.466 e. The number of carbonyl (C=O) groups excluding carboxylic acids is 3. The molecule has 0 aromatic heterocycles. The monoisotopic (exact) mass is 441 g/mol. The number of anilines is 2. The largest absolute Gasteiger partial charge is 0.466 e. The summed E-state index contributed by atoms with van der Waals surface area (Å²) in [5.41, 5.74) is 2.53. The molecule has 0 atom stereocenters. The summed E-state index contributed by atoms with van der Waals surface area (Å²) in [6, 6.07) is 11.2. The van der Waals surface area contributed by atoms with Crippen LogP contribution < -0.4 is 15.5 Å². The summed E-state index contributed by atoms with van der Waals surface area (Å²) in [6.45, 7) is 3.97. The predicted molar refractivity (Wildman–Crippen MR) is 120 cm³/mol. The van der Waals surface area contributed by atoms with Gasteiger partial charge in [0.25, 0.3) is 5.91 Å². The van der Waals surface area contributed by atoms with Crippen LogP contribution in [0.4, 0.5) is 15.8 Å². The Bertz CT molecular complexity index is 956. The van der Waals surface area contributed by atoms with Crippen LogP contribution in [0.2, 0.25) is 0 Å². The second-order valence-corrected chi connectivity index (χ2v) is 7.59. The summed E-state index contributed by atoms with van der Waals surface area (Å²) in [5.74, 6) is -1.36. The predicted octanol–water partition coefficient (Wildman–Crippen LogP) is 3.64. The minimum absolute atomic E-state index is 0.00118. The van der Waals surface area contributed by atoms with Crippen LogP contribution in [-0.4, -0.2) is 37.5 Å². The van der Waals surface area contributed by atoms with Crippen LogP contribution in [0.3, 0.4) is 0 Å².